The van der Waals surface area contributed by atoms with Crippen molar-refractivity contribution in [3.05, 3.63) is 58.5 Å². The Morgan fingerprint density at radius 1 is 1.24 bits per heavy atom. The minimum atomic E-state index is -0.774. The molecule has 4 N–H and O–H groups in total. The van der Waals surface area contributed by atoms with E-state index in [1.54, 1.807) is 6.20 Å². The Bertz CT molecular complexity index is 1290. The number of thiazole rings is 1. The highest BCUT2D eigenvalue weighted by Gasteiger charge is 2.31. The largest absolute Gasteiger partial charge is 0.389 e. The zero-order chi connectivity index (χ0) is 24.0. The van der Waals surface area contributed by atoms with Gasteiger partial charge in [0.2, 0.25) is 0 Å². The molecular weight excluding hydrogens is 460 g/mol. The van der Waals surface area contributed by atoms with Crippen LogP contribution in [0.5, 0.6) is 0 Å². The summed E-state index contributed by atoms with van der Waals surface area (Å²) >= 11 is 0.866. The van der Waals surface area contributed by atoms with Crippen LogP contribution < -0.4 is 16.4 Å². The number of fused-ring (bicyclic) bond motifs is 1. The van der Waals surface area contributed by atoms with Crippen LogP contribution in [0.1, 0.15) is 51.4 Å². The van der Waals surface area contributed by atoms with Gasteiger partial charge in [-0.05, 0) is 31.4 Å². The molecule has 10 heteroatoms. The van der Waals surface area contributed by atoms with Crippen LogP contribution in [0.25, 0.3) is 10.6 Å². The number of nitrogens with two attached hydrogens (primary N) is 2. The highest BCUT2D eigenvalue weighted by molar-refractivity contribution is 7.19. The summed E-state index contributed by atoms with van der Waals surface area (Å²) in [5.74, 6) is -1.94. The summed E-state index contributed by atoms with van der Waals surface area (Å²) in [4.78, 5) is 36.2. The van der Waals surface area contributed by atoms with Gasteiger partial charge >= 0.3 is 0 Å². The molecule has 0 unspecified atom stereocenters. The van der Waals surface area contributed by atoms with E-state index >= 15 is 0 Å². The topological polar surface area (TPSA) is 115 Å². The second-order valence-electron chi connectivity index (χ2n) is 8.66. The average molecular weight is 484 g/mol. The van der Waals surface area contributed by atoms with Gasteiger partial charge in [0.15, 0.2) is 11.6 Å². The average Bonchev–Trinajstić information content (AvgIpc) is 3.36. The number of anilines is 2. The summed E-state index contributed by atoms with van der Waals surface area (Å²) in [6, 6.07) is 3.53. The minimum Gasteiger partial charge on any atom is -0.389 e. The van der Waals surface area contributed by atoms with E-state index < -0.39 is 11.6 Å². The lowest BCUT2D eigenvalue weighted by molar-refractivity contribution is 0.0983. The number of benzene rings is 1. The van der Waals surface area contributed by atoms with Crippen LogP contribution in [0.4, 0.5) is 19.5 Å². The lowest BCUT2D eigenvalue weighted by Gasteiger charge is -2.35. The second-order valence-corrected chi connectivity index (χ2v) is 9.69. The number of hydrogen-bond acceptors (Lipinski definition) is 8. The Labute approximate surface area is 198 Å². The van der Waals surface area contributed by atoms with E-state index in [-0.39, 0.29) is 45.3 Å². The highest BCUT2D eigenvalue weighted by atomic mass is 32.1. The smallest absolute Gasteiger partial charge is 0.188 e. The zero-order valence-corrected chi connectivity index (χ0v) is 19.1. The maximum atomic E-state index is 14.2. The van der Waals surface area contributed by atoms with Crippen molar-refractivity contribution in [2.24, 2.45) is 5.73 Å². The molecule has 0 saturated carbocycles. The molecule has 7 nitrogen and oxygen atoms in total. The van der Waals surface area contributed by atoms with E-state index in [4.69, 9.17) is 11.5 Å². The van der Waals surface area contributed by atoms with Crippen LogP contribution in [0, 0.1) is 11.6 Å². The quantitative estimate of drug-likeness (QED) is 0.533. The van der Waals surface area contributed by atoms with Crippen molar-refractivity contribution in [1.29, 1.82) is 0 Å². The fraction of sp³-hybridized carbons (Fsp3) is 0.333. The number of halogens is 2. The first kappa shape index (κ1) is 22.5. The van der Waals surface area contributed by atoms with Gasteiger partial charge in [0, 0.05) is 55.0 Å². The van der Waals surface area contributed by atoms with Gasteiger partial charge in [-0.3, -0.25) is 14.6 Å². The van der Waals surface area contributed by atoms with Crippen LogP contribution in [0.3, 0.4) is 0 Å². The van der Waals surface area contributed by atoms with Gasteiger partial charge in [0.1, 0.15) is 33.0 Å². The Kier molecular flexibility index (Phi) is 5.86. The highest BCUT2D eigenvalue weighted by Crippen LogP contribution is 2.37. The number of pyridine rings is 1. The third-order valence-corrected chi connectivity index (χ3v) is 7.21. The van der Waals surface area contributed by atoms with Crippen LogP contribution in [0.2, 0.25) is 0 Å². The SMILES string of the molecule is Nc1sc(-c2c(F)cccc2F)nc1C(=O)Cc1cnc2c(c1N1CCC[C@H](N)C1)CCC2=O. The third kappa shape index (κ3) is 3.97. The molecule has 176 valence electrons. The number of ketones is 2. The van der Waals surface area contributed by atoms with Gasteiger partial charge in [-0.15, -0.1) is 0 Å². The Morgan fingerprint density at radius 3 is 2.74 bits per heavy atom. The van der Waals surface area contributed by atoms with E-state index in [0.717, 1.165) is 54.1 Å². The molecule has 0 spiro atoms. The first-order valence-corrected chi connectivity index (χ1v) is 11.9. The fourth-order valence-electron chi connectivity index (χ4n) is 4.76. The maximum absolute atomic E-state index is 14.2. The van der Waals surface area contributed by atoms with Gasteiger partial charge < -0.3 is 16.4 Å². The van der Waals surface area contributed by atoms with Gasteiger partial charge in [0.05, 0.1) is 5.56 Å². The summed E-state index contributed by atoms with van der Waals surface area (Å²) < 4.78 is 28.4. The number of piperidine rings is 1. The van der Waals surface area contributed by atoms with E-state index in [1.165, 1.54) is 6.07 Å². The molecule has 0 amide bonds. The summed E-state index contributed by atoms with van der Waals surface area (Å²) in [5.41, 5.74) is 14.7. The predicted octanol–water partition coefficient (Wildman–Crippen LogP) is 3.55. The Balaban J connectivity index is 1.50. The van der Waals surface area contributed by atoms with Crippen LogP contribution in [-0.4, -0.2) is 40.7 Å². The molecule has 34 heavy (non-hydrogen) atoms. The number of rotatable bonds is 5. The molecule has 1 saturated heterocycles. The number of carbonyl (C=O) groups is 2. The fourth-order valence-corrected chi connectivity index (χ4v) is 5.65. The maximum Gasteiger partial charge on any atom is 0.188 e. The first-order chi connectivity index (χ1) is 16.3. The molecule has 1 aromatic carbocycles. The van der Waals surface area contributed by atoms with Crippen molar-refractivity contribution in [3.8, 4) is 10.6 Å². The lowest BCUT2D eigenvalue weighted by Crippen LogP contribution is -2.43. The summed E-state index contributed by atoms with van der Waals surface area (Å²) in [5, 5.41) is 0.102. The number of nitrogens with zero attached hydrogens (tertiary/aromatic N) is 3. The molecule has 2 aliphatic rings. The standard InChI is InChI=1S/C24H23F2N5O2S/c25-15-4-1-5-16(26)19(15)24-30-21(23(28)34-24)18(33)9-12-10-29-20-14(6-7-17(20)32)22(12)31-8-2-3-13(27)11-31/h1,4-5,10,13H,2-3,6-9,11,27-28H2/t13-/m0/s1. The molecule has 3 aromatic rings. The molecular formula is C24H23F2N5O2S. The van der Waals surface area contributed by atoms with Crippen molar-refractivity contribution < 1.29 is 18.4 Å². The second kappa shape index (κ2) is 8.84. The molecule has 1 fully saturated rings. The number of nitrogen functional groups attached to an aromatic ring is 1. The number of Topliss-reactive ketones (excluding diaryl/α,β-unsaturated/α-hetero) is 2. The van der Waals surface area contributed by atoms with Crippen molar-refractivity contribution in [2.75, 3.05) is 23.7 Å². The molecule has 3 heterocycles. The van der Waals surface area contributed by atoms with Gasteiger partial charge in [0.25, 0.3) is 0 Å². The summed E-state index contributed by atoms with van der Waals surface area (Å²) in [6.45, 7) is 1.40. The Hall–Kier alpha value is -3.24. The predicted molar refractivity (Wildman–Crippen MR) is 126 cm³/mol. The molecule has 2 aromatic heterocycles. The van der Waals surface area contributed by atoms with Crippen LogP contribution in [0.15, 0.2) is 24.4 Å². The van der Waals surface area contributed by atoms with Crippen molar-refractivity contribution >= 4 is 33.6 Å². The summed E-state index contributed by atoms with van der Waals surface area (Å²) in [6.07, 6.45) is 4.30. The van der Waals surface area contributed by atoms with Crippen LogP contribution in [-0.2, 0) is 12.8 Å². The summed E-state index contributed by atoms with van der Waals surface area (Å²) in [7, 11) is 0. The van der Waals surface area contributed by atoms with Crippen LogP contribution >= 0.6 is 11.3 Å². The molecule has 1 aliphatic heterocycles. The van der Waals surface area contributed by atoms with Crippen molar-refractivity contribution in [2.45, 2.75) is 38.1 Å². The lowest BCUT2D eigenvalue weighted by atomic mass is 9.98. The molecule has 1 atom stereocenters. The zero-order valence-electron chi connectivity index (χ0n) is 18.3. The van der Waals surface area contributed by atoms with Gasteiger partial charge in [-0.1, -0.05) is 17.4 Å². The number of hydrogen-bond donors (Lipinski definition) is 2. The van der Waals surface area contributed by atoms with E-state index in [0.29, 0.717) is 30.6 Å². The van der Waals surface area contributed by atoms with E-state index in [1.807, 2.05) is 0 Å². The Morgan fingerprint density at radius 2 is 2.00 bits per heavy atom. The normalized spacial score (nSPS) is 17.8. The van der Waals surface area contributed by atoms with E-state index in [9.17, 15) is 18.4 Å². The molecule has 0 bridgehead atoms. The minimum absolute atomic E-state index is 0.00395. The molecule has 0 radical (unpaired) electrons. The number of carbonyl (C=O) groups excluding carboxylic acids is 2. The third-order valence-electron chi connectivity index (χ3n) is 6.31. The monoisotopic (exact) mass is 483 g/mol. The molecule has 1 aliphatic carbocycles. The van der Waals surface area contributed by atoms with Crippen molar-refractivity contribution in [3.63, 3.8) is 0 Å². The van der Waals surface area contributed by atoms with Gasteiger partial charge in [-0.25, -0.2) is 13.8 Å². The van der Waals surface area contributed by atoms with Crippen molar-refractivity contribution in [1.82, 2.24) is 9.97 Å². The number of aromatic nitrogens is 2. The first-order valence-electron chi connectivity index (χ1n) is 11.1. The van der Waals surface area contributed by atoms with E-state index in [2.05, 4.69) is 14.9 Å². The van der Waals surface area contributed by atoms with Gasteiger partial charge in [-0.2, -0.15) is 0 Å². The molecule has 5 rings (SSSR count).